The molecule has 0 bridgehead atoms. The van der Waals surface area contributed by atoms with Crippen LogP contribution in [0.15, 0.2) is 67.3 Å². The van der Waals surface area contributed by atoms with E-state index in [0.29, 0.717) is 23.2 Å². The zero-order valence-corrected chi connectivity index (χ0v) is 13.5. The highest BCUT2D eigenvalue weighted by molar-refractivity contribution is 5.80. The SMILES string of the molecule is FC(F)(F)c1cccc(-c2cnc3cnn(Cc4ccncc4)c3c2)c1. The van der Waals surface area contributed by atoms with Gasteiger partial charge in [0.2, 0.25) is 0 Å². The Kier molecular flexibility index (Phi) is 3.91. The lowest BCUT2D eigenvalue weighted by atomic mass is 10.0. The van der Waals surface area contributed by atoms with E-state index in [4.69, 9.17) is 0 Å². The van der Waals surface area contributed by atoms with Crippen LogP contribution in [-0.2, 0) is 12.7 Å². The Morgan fingerprint density at radius 2 is 1.73 bits per heavy atom. The molecular weight excluding hydrogens is 341 g/mol. The summed E-state index contributed by atoms with van der Waals surface area (Å²) >= 11 is 0. The first kappa shape index (κ1) is 16.3. The van der Waals surface area contributed by atoms with Gasteiger partial charge in [0.25, 0.3) is 0 Å². The van der Waals surface area contributed by atoms with Crippen LogP contribution in [0.1, 0.15) is 11.1 Å². The van der Waals surface area contributed by atoms with Gasteiger partial charge in [-0.25, -0.2) is 0 Å². The third-order valence-corrected chi connectivity index (χ3v) is 4.10. The lowest BCUT2D eigenvalue weighted by Gasteiger charge is -2.09. The highest BCUT2D eigenvalue weighted by Gasteiger charge is 2.30. The second-order valence-corrected chi connectivity index (χ2v) is 5.86. The molecule has 4 rings (SSSR count). The molecule has 0 unspecified atom stereocenters. The predicted octanol–water partition coefficient (Wildman–Crippen LogP) is 4.56. The van der Waals surface area contributed by atoms with Crippen LogP contribution in [0.25, 0.3) is 22.2 Å². The predicted molar refractivity (Wildman–Crippen MR) is 91.3 cm³/mol. The minimum atomic E-state index is -4.38. The summed E-state index contributed by atoms with van der Waals surface area (Å²) < 4.78 is 40.6. The third-order valence-electron chi connectivity index (χ3n) is 4.10. The molecule has 0 amide bonds. The van der Waals surface area contributed by atoms with Crippen LogP contribution in [0.3, 0.4) is 0 Å². The lowest BCUT2D eigenvalue weighted by molar-refractivity contribution is -0.137. The van der Waals surface area contributed by atoms with Crippen LogP contribution in [-0.4, -0.2) is 19.7 Å². The number of benzene rings is 1. The van der Waals surface area contributed by atoms with Crippen molar-refractivity contribution in [3.8, 4) is 11.1 Å². The summed E-state index contributed by atoms with van der Waals surface area (Å²) in [7, 11) is 0. The van der Waals surface area contributed by atoms with E-state index < -0.39 is 11.7 Å². The molecule has 3 heterocycles. The Balaban J connectivity index is 1.75. The molecule has 1 aromatic carbocycles. The van der Waals surface area contributed by atoms with Crippen LogP contribution >= 0.6 is 0 Å². The standard InChI is InChI=1S/C19H13F3N4/c20-19(21,22)16-3-1-2-14(8-16)15-9-18-17(24-10-15)11-25-26(18)12-13-4-6-23-7-5-13/h1-11H,12H2. The van der Waals surface area contributed by atoms with Gasteiger partial charge in [-0.3, -0.25) is 14.6 Å². The maximum atomic E-state index is 13.0. The Bertz CT molecular complexity index is 1060. The van der Waals surface area contributed by atoms with Crippen molar-refractivity contribution >= 4 is 11.0 Å². The van der Waals surface area contributed by atoms with Crippen molar-refractivity contribution in [2.75, 3.05) is 0 Å². The highest BCUT2D eigenvalue weighted by Crippen LogP contribution is 2.32. The van der Waals surface area contributed by atoms with Gasteiger partial charge in [-0.15, -0.1) is 0 Å². The smallest absolute Gasteiger partial charge is 0.265 e. The molecule has 0 saturated heterocycles. The number of fused-ring (bicyclic) bond motifs is 1. The molecule has 4 aromatic rings. The molecule has 7 heteroatoms. The summed E-state index contributed by atoms with van der Waals surface area (Å²) in [6.45, 7) is 0.528. The highest BCUT2D eigenvalue weighted by atomic mass is 19.4. The number of hydrogen-bond acceptors (Lipinski definition) is 3. The van der Waals surface area contributed by atoms with Crippen LogP contribution < -0.4 is 0 Å². The van der Waals surface area contributed by atoms with Gasteiger partial charge in [-0.2, -0.15) is 18.3 Å². The monoisotopic (exact) mass is 354 g/mol. The molecule has 0 atom stereocenters. The quantitative estimate of drug-likeness (QED) is 0.542. The first-order valence-electron chi connectivity index (χ1n) is 7.89. The van der Waals surface area contributed by atoms with Crippen LogP contribution in [0.4, 0.5) is 13.2 Å². The van der Waals surface area contributed by atoms with E-state index in [1.165, 1.54) is 6.07 Å². The van der Waals surface area contributed by atoms with Gasteiger partial charge in [0.05, 0.1) is 23.8 Å². The topological polar surface area (TPSA) is 43.6 Å². The molecule has 4 nitrogen and oxygen atoms in total. The maximum absolute atomic E-state index is 13.0. The minimum absolute atomic E-state index is 0.464. The fourth-order valence-electron chi connectivity index (χ4n) is 2.78. The summed E-state index contributed by atoms with van der Waals surface area (Å²) in [4.78, 5) is 8.32. The van der Waals surface area contributed by atoms with Gasteiger partial charge in [0.1, 0.15) is 5.52 Å². The summed E-state index contributed by atoms with van der Waals surface area (Å²) in [5.41, 5.74) is 2.87. The van der Waals surface area contributed by atoms with E-state index >= 15 is 0 Å². The van der Waals surface area contributed by atoms with Crippen molar-refractivity contribution in [2.24, 2.45) is 0 Å². The first-order chi connectivity index (χ1) is 12.5. The Morgan fingerprint density at radius 1 is 0.923 bits per heavy atom. The fraction of sp³-hybridized carbons (Fsp3) is 0.105. The van der Waals surface area contributed by atoms with Crippen molar-refractivity contribution in [2.45, 2.75) is 12.7 Å². The minimum Gasteiger partial charge on any atom is -0.265 e. The molecule has 0 aliphatic carbocycles. The van der Waals surface area contributed by atoms with Crippen LogP contribution in [0, 0.1) is 0 Å². The van der Waals surface area contributed by atoms with Crippen LogP contribution in [0.5, 0.6) is 0 Å². The van der Waals surface area contributed by atoms with Crippen molar-refractivity contribution in [3.63, 3.8) is 0 Å². The molecule has 3 aromatic heterocycles. The summed E-state index contributed by atoms with van der Waals surface area (Å²) in [6.07, 6.45) is 2.24. The zero-order valence-electron chi connectivity index (χ0n) is 13.5. The second-order valence-electron chi connectivity index (χ2n) is 5.86. The normalized spacial score (nSPS) is 11.8. The molecule has 0 radical (unpaired) electrons. The number of alkyl halides is 3. The van der Waals surface area contributed by atoms with Crippen molar-refractivity contribution in [1.82, 2.24) is 19.7 Å². The Labute approximate surface area is 147 Å². The van der Waals surface area contributed by atoms with E-state index in [0.717, 1.165) is 23.2 Å². The van der Waals surface area contributed by atoms with Gasteiger partial charge >= 0.3 is 6.18 Å². The number of pyridine rings is 2. The average Bonchev–Trinajstić information content (AvgIpc) is 3.04. The summed E-state index contributed by atoms with van der Waals surface area (Å²) in [5.74, 6) is 0. The first-order valence-corrected chi connectivity index (χ1v) is 7.89. The Hall–Kier alpha value is -3.22. The molecule has 0 spiro atoms. The Morgan fingerprint density at radius 3 is 2.50 bits per heavy atom. The second kappa shape index (κ2) is 6.25. The molecular formula is C19H13F3N4. The summed E-state index contributed by atoms with van der Waals surface area (Å²) in [5, 5.41) is 4.34. The van der Waals surface area contributed by atoms with E-state index in [1.54, 1.807) is 35.5 Å². The molecule has 0 aliphatic heterocycles. The largest absolute Gasteiger partial charge is 0.416 e. The molecule has 0 aliphatic rings. The van der Waals surface area contributed by atoms with Crippen molar-refractivity contribution < 1.29 is 13.2 Å². The maximum Gasteiger partial charge on any atom is 0.416 e. The number of hydrogen-bond donors (Lipinski definition) is 0. The molecule has 0 fully saturated rings. The molecule has 0 saturated carbocycles. The molecule has 26 heavy (non-hydrogen) atoms. The van der Waals surface area contributed by atoms with E-state index in [2.05, 4.69) is 15.1 Å². The van der Waals surface area contributed by atoms with Gasteiger partial charge in [-0.1, -0.05) is 12.1 Å². The van der Waals surface area contributed by atoms with Gasteiger partial charge in [0, 0.05) is 24.2 Å². The molecule has 130 valence electrons. The lowest BCUT2D eigenvalue weighted by Crippen LogP contribution is -2.04. The van der Waals surface area contributed by atoms with E-state index in [9.17, 15) is 13.2 Å². The molecule has 0 N–H and O–H groups in total. The number of halogens is 3. The van der Waals surface area contributed by atoms with Crippen molar-refractivity contribution in [1.29, 1.82) is 0 Å². The number of nitrogens with zero attached hydrogens (tertiary/aromatic N) is 4. The van der Waals surface area contributed by atoms with Gasteiger partial charge in [-0.05, 0) is 41.5 Å². The van der Waals surface area contributed by atoms with E-state index in [1.807, 2.05) is 18.2 Å². The zero-order chi connectivity index (χ0) is 18.1. The number of rotatable bonds is 3. The van der Waals surface area contributed by atoms with Gasteiger partial charge < -0.3 is 0 Å². The van der Waals surface area contributed by atoms with Gasteiger partial charge in [0.15, 0.2) is 0 Å². The van der Waals surface area contributed by atoms with Crippen LogP contribution in [0.2, 0.25) is 0 Å². The van der Waals surface area contributed by atoms with Crippen molar-refractivity contribution in [3.05, 3.63) is 78.4 Å². The third kappa shape index (κ3) is 3.15. The fourth-order valence-corrected chi connectivity index (χ4v) is 2.78. The number of aromatic nitrogens is 4. The summed E-state index contributed by atoms with van der Waals surface area (Å²) in [6, 6.07) is 10.8. The average molecular weight is 354 g/mol. The van der Waals surface area contributed by atoms with E-state index in [-0.39, 0.29) is 0 Å².